The van der Waals surface area contributed by atoms with Gasteiger partial charge in [-0.25, -0.2) is 8.42 Å². The lowest BCUT2D eigenvalue weighted by atomic mass is 10.1. The summed E-state index contributed by atoms with van der Waals surface area (Å²) in [6.45, 7) is 4.15. The van der Waals surface area contributed by atoms with Crippen molar-refractivity contribution in [3.8, 4) is 17.1 Å². The zero-order valence-corrected chi connectivity index (χ0v) is 19.0. The molecule has 1 aromatic heterocycles. The Kier molecular flexibility index (Phi) is 6.25. The van der Waals surface area contributed by atoms with E-state index >= 15 is 0 Å². The quantitative estimate of drug-likeness (QED) is 0.367. The highest BCUT2D eigenvalue weighted by molar-refractivity contribution is 8.00. The second kappa shape index (κ2) is 9.08. The van der Waals surface area contributed by atoms with Crippen molar-refractivity contribution in [2.45, 2.75) is 23.9 Å². The molecular formula is C24H23N3O2S2. The van der Waals surface area contributed by atoms with Crippen molar-refractivity contribution >= 4 is 21.6 Å². The maximum atomic E-state index is 12.6. The number of nitrogens with zero attached hydrogens (tertiary/aromatic N) is 3. The van der Waals surface area contributed by atoms with Gasteiger partial charge in [-0.2, -0.15) is 0 Å². The first-order chi connectivity index (χ1) is 15.0. The van der Waals surface area contributed by atoms with Gasteiger partial charge in [0.05, 0.1) is 16.3 Å². The second-order valence-electron chi connectivity index (χ2n) is 7.26. The summed E-state index contributed by atoms with van der Waals surface area (Å²) >= 11 is 1.40. The Morgan fingerprint density at radius 3 is 2.19 bits per heavy atom. The summed E-state index contributed by atoms with van der Waals surface area (Å²) in [5.41, 5.74) is 4.30. The Morgan fingerprint density at radius 1 is 0.839 bits per heavy atom. The lowest BCUT2D eigenvalue weighted by Gasteiger charge is -2.12. The third-order valence-corrected chi connectivity index (χ3v) is 8.02. The summed E-state index contributed by atoms with van der Waals surface area (Å²) in [5, 5.41) is 9.50. The molecule has 7 heteroatoms. The van der Waals surface area contributed by atoms with Crippen molar-refractivity contribution in [2.75, 3.05) is 11.5 Å². The normalized spacial score (nSPS) is 11.5. The average Bonchev–Trinajstić information content (AvgIpc) is 3.20. The largest absolute Gasteiger partial charge is 0.270 e. The summed E-state index contributed by atoms with van der Waals surface area (Å²) < 4.78 is 27.3. The molecule has 0 spiro atoms. The van der Waals surface area contributed by atoms with Gasteiger partial charge in [0.15, 0.2) is 20.8 Å². The van der Waals surface area contributed by atoms with Crippen LogP contribution < -0.4 is 0 Å². The third-order valence-electron chi connectivity index (χ3n) is 5.10. The number of aryl methyl sites for hydroxylation is 2. The minimum Gasteiger partial charge on any atom is -0.270 e. The summed E-state index contributed by atoms with van der Waals surface area (Å²) in [4.78, 5) is 0.344. The molecule has 0 fully saturated rings. The highest BCUT2D eigenvalue weighted by atomic mass is 32.2. The Hall–Kier alpha value is -2.90. The zero-order chi connectivity index (χ0) is 21.8. The van der Waals surface area contributed by atoms with Crippen molar-refractivity contribution in [3.05, 3.63) is 90.0 Å². The van der Waals surface area contributed by atoms with Gasteiger partial charge in [-0.3, -0.25) is 4.57 Å². The van der Waals surface area contributed by atoms with Crippen LogP contribution in [0.4, 0.5) is 0 Å². The van der Waals surface area contributed by atoms with Crippen LogP contribution in [0.3, 0.4) is 0 Å². The molecule has 31 heavy (non-hydrogen) atoms. The fraction of sp³-hybridized carbons (Fsp3) is 0.167. The van der Waals surface area contributed by atoms with Crippen LogP contribution in [0.25, 0.3) is 17.1 Å². The van der Waals surface area contributed by atoms with Gasteiger partial charge in [-0.1, -0.05) is 66.4 Å². The van der Waals surface area contributed by atoms with E-state index in [1.165, 1.54) is 22.9 Å². The molecule has 0 unspecified atom stereocenters. The molecule has 0 radical (unpaired) electrons. The Morgan fingerprint density at radius 2 is 1.52 bits per heavy atom. The lowest BCUT2D eigenvalue weighted by Crippen LogP contribution is -2.09. The number of hydrogen-bond donors (Lipinski definition) is 0. The van der Waals surface area contributed by atoms with E-state index in [4.69, 9.17) is 0 Å². The van der Waals surface area contributed by atoms with E-state index in [9.17, 15) is 8.42 Å². The van der Waals surface area contributed by atoms with Crippen molar-refractivity contribution in [2.24, 2.45) is 0 Å². The standard InChI is InChI=1S/C24H23N3O2S2/c1-18-13-14-21(17-19(18)2)27-23(20-9-5-3-6-10-20)25-26-24(27)30-15-16-31(28,29)22-11-7-4-8-12-22/h3-14,17H,15-16H2,1-2H3. The monoisotopic (exact) mass is 449 g/mol. The molecule has 0 N–H and O–H groups in total. The van der Waals surface area contributed by atoms with Gasteiger partial charge < -0.3 is 0 Å². The van der Waals surface area contributed by atoms with E-state index in [1.54, 1.807) is 24.3 Å². The molecule has 158 valence electrons. The van der Waals surface area contributed by atoms with Gasteiger partial charge in [0.2, 0.25) is 0 Å². The molecule has 5 nitrogen and oxygen atoms in total. The third kappa shape index (κ3) is 4.73. The summed E-state index contributed by atoms with van der Waals surface area (Å²) in [6.07, 6.45) is 0. The van der Waals surface area contributed by atoms with Gasteiger partial charge in [-0.05, 0) is 49.2 Å². The molecule has 0 bridgehead atoms. The van der Waals surface area contributed by atoms with E-state index in [2.05, 4.69) is 36.2 Å². The summed E-state index contributed by atoms with van der Waals surface area (Å²) in [6, 6.07) is 24.7. The fourth-order valence-corrected chi connectivity index (χ4v) is 5.84. The van der Waals surface area contributed by atoms with Crippen LogP contribution in [-0.4, -0.2) is 34.7 Å². The maximum absolute atomic E-state index is 12.6. The van der Waals surface area contributed by atoms with Crippen LogP contribution in [0.2, 0.25) is 0 Å². The van der Waals surface area contributed by atoms with E-state index in [-0.39, 0.29) is 5.75 Å². The first-order valence-corrected chi connectivity index (χ1v) is 12.6. The number of thioether (sulfide) groups is 1. The molecule has 1 heterocycles. The van der Waals surface area contributed by atoms with Gasteiger partial charge in [0, 0.05) is 11.3 Å². The molecule has 0 aliphatic heterocycles. The Balaban J connectivity index is 1.65. The molecule has 3 aromatic carbocycles. The molecular weight excluding hydrogens is 426 g/mol. The van der Waals surface area contributed by atoms with Crippen molar-refractivity contribution in [1.29, 1.82) is 0 Å². The SMILES string of the molecule is Cc1ccc(-n2c(SCCS(=O)(=O)c3ccccc3)nnc2-c2ccccc2)cc1C. The van der Waals surface area contributed by atoms with Crippen LogP contribution in [0.5, 0.6) is 0 Å². The number of rotatable bonds is 7. The van der Waals surface area contributed by atoms with E-state index < -0.39 is 9.84 Å². The predicted octanol–water partition coefficient (Wildman–Crippen LogP) is 5.12. The number of hydrogen-bond acceptors (Lipinski definition) is 5. The average molecular weight is 450 g/mol. The maximum Gasteiger partial charge on any atom is 0.196 e. The molecule has 0 saturated heterocycles. The van der Waals surface area contributed by atoms with Crippen LogP contribution in [0, 0.1) is 13.8 Å². The van der Waals surface area contributed by atoms with Gasteiger partial charge >= 0.3 is 0 Å². The van der Waals surface area contributed by atoms with Crippen LogP contribution >= 0.6 is 11.8 Å². The van der Waals surface area contributed by atoms with Crippen molar-refractivity contribution < 1.29 is 8.42 Å². The first-order valence-electron chi connectivity index (χ1n) is 9.95. The number of aromatic nitrogens is 3. The first kappa shape index (κ1) is 21.3. The predicted molar refractivity (Wildman–Crippen MR) is 125 cm³/mol. The summed E-state index contributed by atoms with van der Waals surface area (Å²) in [7, 11) is -3.34. The molecule has 0 amide bonds. The van der Waals surface area contributed by atoms with Crippen molar-refractivity contribution in [1.82, 2.24) is 14.8 Å². The summed E-state index contributed by atoms with van der Waals surface area (Å²) in [5.74, 6) is 1.15. The van der Waals surface area contributed by atoms with Crippen molar-refractivity contribution in [3.63, 3.8) is 0 Å². The highest BCUT2D eigenvalue weighted by Crippen LogP contribution is 2.29. The lowest BCUT2D eigenvalue weighted by molar-refractivity contribution is 0.597. The van der Waals surface area contributed by atoms with Crippen LogP contribution in [-0.2, 0) is 9.84 Å². The molecule has 0 saturated carbocycles. The number of sulfone groups is 1. The minimum absolute atomic E-state index is 0.0299. The molecule has 0 aliphatic carbocycles. The Bertz CT molecular complexity index is 1290. The second-order valence-corrected chi connectivity index (χ2v) is 10.4. The molecule has 0 aliphatic rings. The molecule has 4 rings (SSSR count). The smallest absolute Gasteiger partial charge is 0.196 e. The van der Waals surface area contributed by atoms with Crippen LogP contribution in [0.15, 0.2) is 88.9 Å². The molecule has 0 atom stereocenters. The highest BCUT2D eigenvalue weighted by Gasteiger charge is 2.19. The zero-order valence-electron chi connectivity index (χ0n) is 17.4. The fourth-order valence-electron chi connectivity index (χ4n) is 3.22. The number of benzene rings is 3. The van der Waals surface area contributed by atoms with E-state index in [0.29, 0.717) is 15.8 Å². The Labute approximate surface area is 187 Å². The van der Waals surface area contributed by atoms with Gasteiger partial charge in [-0.15, -0.1) is 10.2 Å². The molecule has 4 aromatic rings. The van der Waals surface area contributed by atoms with Gasteiger partial charge in [0.25, 0.3) is 0 Å². The van der Waals surface area contributed by atoms with Crippen LogP contribution in [0.1, 0.15) is 11.1 Å². The minimum atomic E-state index is -3.34. The van der Waals surface area contributed by atoms with E-state index in [1.807, 2.05) is 47.0 Å². The van der Waals surface area contributed by atoms with E-state index in [0.717, 1.165) is 17.1 Å². The topological polar surface area (TPSA) is 64.8 Å². The van der Waals surface area contributed by atoms with Gasteiger partial charge in [0.1, 0.15) is 0 Å².